The molecule has 0 saturated heterocycles. The minimum Gasteiger partial charge on any atom is -0.507 e. The van der Waals surface area contributed by atoms with Gasteiger partial charge in [0.1, 0.15) is 17.2 Å². The molecule has 0 radical (unpaired) electrons. The summed E-state index contributed by atoms with van der Waals surface area (Å²) in [4.78, 5) is 0. The molecule has 4 aromatic carbocycles. The van der Waals surface area contributed by atoms with Crippen LogP contribution in [-0.4, -0.2) is 15.3 Å². The van der Waals surface area contributed by atoms with E-state index in [1.54, 1.807) is 36.4 Å². The summed E-state index contributed by atoms with van der Waals surface area (Å²) < 4.78 is 0. The molecule has 4 aromatic rings. The minimum absolute atomic E-state index is 0.0334. The molecule has 0 saturated carbocycles. The molecule has 4 heteroatoms. The van der Waals surface area contributed by atoms with Crippen molar-refractivity contribution in [3.05, 3.63) is 66.7 Å². The van der Waals surface area contributed by atoms with Gasteiger partial charge in [-0.25, -0.2) is 0 Å². The van der Waals surface area contributed by atoms with Crippen LogP contribution in [0.2, 0.25) is 0 Å². The van der Waals surface area contributed by atoms with E-state index in [1.165, 1.54) is 6.07 Å². The quantitative estimate of drug-likeness (QED) is 0.386. The predicted octanol–water partition coefficient (Wildman–Crippen LogP) is 5.00. The topological polar surface area (TPSA) is 86.7 Å². The number of rotatable bonds is 2. The molecular weight excluding hydrogens is 326 g/mol. The number of fused-ring (bicyclic) bond motifs is 2. The van der Waals surface area contributed by atoms with Gasteiger partial charge in [0, 0.05) is 28.3 Å². The van der Waals surface area contributed by atoms with Crippen LogP contribution in [0.5, 0.6) is 17.2 Å². The van der Waals surface area contributed by atoms with Gasteiger partial charge in [-0.2, -0.15) is 0 Å². The van der Waals surface area contributed by atoms with Crippen molar-refractivity contribution >= 4 is 33.3 Å². The Morgan fingerprint density at radius 3 is 2.19 bits per heavy atom. The highest BCUT2D eigenvalue weighted by atomic mass is 16.3. The second-order valence-electron chi connectivity index (χ2n) is 6.24. The molecule has 0 aliphatic heterocycles. The van der Waals surface area contributed by atoms with Crippen LogP contribution in [0.1, 0.15) is 5.56 Å². The SMILES string of the molecule is C=Cc1ccc2c(-c3c(O)ccc4cc(N)ccc34)c(O)cc(O)c2c1. The maximum Gasteiger partial charge on any atom is 0.127 e. The van der Waals surface area contributed by atoms with Gasteiger partial charge >= 0.3 is 0 Å². The second-order valence-corrected chi connectivity index (χ2v) is 6.24. The third kappa shape index (κ3) is 2.31. The summed E-state index contributed by atoms with van der Waals surface area (Å²) in [5.74, 6) is -0.104. The van der Waals surface area contributed by atoms with Gasteiger partial charge in [-0.1, -0.05) is 36.9 Å². The lowest BCUT2D eigenvalue weighted by Crippen LogP contribution is -1.89. The molecule has 0 heterocycles. The molecule has 0 spiro atoms. The van der Waals surface area contributed by atoms with E-state index in [9.17, 15) is 15.3 Å². The number of nitrogens with two attached hydrogens (primary N) is 1. The van der Waals surface area contributed by atoms with E-state index in [0.717, 1.165) is 16.3 Å². The van der Waals surface area contributed by atoms with E-state index < -0.39 is 0 Å². The third-order valence-electron chi connectivity index (χ3n) is 4.63. The summed E-state index contributed by atoms with van der Waals surface area (Å²) >= 11 is 0. The molecule has 0 unspecified atom stereocenters. The number of nitrogen functional groups attached to an aromatic ring is 1. The molecule has 5 N–H and O–H groups in total. The average Bonchev–Trinajstić information content (AvgIpc) is 2.63. The van der Waals surface area contributed by atoms with E-state index in [1.807, 2.05) is 18.2 Å². The van der Waals surface area contributed by atoms with Crippen molar-refractivity contribution in [1.29, 1.82) is 0 Å². The zero-order valence-corrected chi connectivity index (χ0v) is 13.9. The summed E-state index contributed by atoms with van der Waals surface area (Å²) in [6.07, 6.45) is 1.68. The molecule has 128 valence electrons. The van der Waals surface area contributed by atoms with Crippen LogP contribution < -0.4 is 5.73 Å². The van der Waals surface area contributed by atoms with Crippen molar-refractivity contribution in [2.45, 2.75) is 0 Å². The second kappa shape index (κ2) is 5.70. The van der Waals surface area contributed by atoms with Gasteiger partial charge in [0.2, 0.25) is 0 Å². The van der Waals surface area contributed by atoms with E-state index in [-0.39, 0.29) is 17.2 Å². The van der Waals surface area contributed by atoms with E-state index in [2.05, 4.69) is 6.58 Å². The Bertz CT molecular complexity index is 1200. The normalized spacial score (nSPS) is 11.1. The highest BCUT2D eigenvalue weighted by molar-refractivity contribution is 6.11. The van der Waals surface area contributed by atoms with Crippen LogP contribution in [0.3, 0.4) is 0 Å². The lowest BCUT2D eigenvalue weighted by Gasteiger charge is -2.15. The number of phenols is 3. The summed E-state index contributed by atoms with van der Waals surface area (Å²) in [5.41, 5.74) is 8.29. The number of benzene rings is 4. The standard InChI is InChI=1S/C22H17NO3/c1-2-12-3-6-16-17(9-12)19(25)11-20(26)22(16)21-15-7-5-14(23)10-13(15)4-8-18(21)24/h2-11,24-26H,1,23H2. The number of hydrogen-bond acceptors (Lipinski definition) is 4. The number of phenolic OH excluding ortho intramolecular Hbond substituents is 3. The smallest absolute Gasteiger partial charge is 0.127 e. The zero-order valence-electron chi connectivity index (χ0n) is 13.9. The van der Waals surface area contributed by atoms with Gasteiger partial charge in [0.15, 0.2) is 0 Å². The fraction of sp³-hybridized carbons (Fsp3) is 0. The molecule has 0 bridgehead atoms. The Hall–Kier alpha value is -3.66. The first-order valence-corrected chi connectivity index (χ1v) is 8.12. The maximum absolute atomic E-state index is 10.6. The van der Waals surface area contributed by atoms with Crippen LogP contribution in [-0.2, 0) is 0 Å². The van der Waals surface area contributed by atoms with Crippen molar-refractivity contribution in [2.24, 2.45) is 0 Å². The Balaban J connectivity index is 2.17. The van der Waals surface area contributed by atoms with Crippen LogP contribution >= 0.6 is 0 Å². The minimum atomic E-state index is -0.110. The first-order chi connectivity index (χ1) is 12.5. The van der Waals surface area contributed by atoms with E-state index >= 15 is 0 Å². The maximum atomic E-state index is 10.6. The average molecular weight is 343 g/mol. The van der Waals surface area contributed by atoms with E-state index in [4.69, 9.17) is 5.73 Å². The monoisotopic (exact) mass is 343 g/mol. The molecule has 0 amide bonds. The molecule has 26 heavy (non-hydrogen) atoms. The van der Waals surface area contributed by atoms with E-state index in [0.29, 0.717) is 27.6 Å². The van der Waals surface area contributed by atoms with Crippen molar-refractivity contribution in [2.75, 3.05) is 5.73 Å². The van der Waals surface area contributed by atoms with Crippen molar-refractivity contribution in [3.8, 4) is 28.4 Å². The molecule has 4 rings (SSSR count). The van der Waals surface area contributed by atoms with Crippen LogP contribution in [0, 0.1) is 0 Å². The molecule has 0 fully saturated rings. The van der Waals surface area contributed by atoms with Gasteiger partial charge in [-0.05, 0) is 46.0 Å². The van der Waals surface area contributed by atoms with Gasteiger partial charge in [-0.3, -0.25) is 0 Å². The van der Waals surface area contributed by atoms with Crippen molar-refractivity contribution in [1.82, 2.24) is 0 Å². The Morgan fingerprint density at radius 1 is 0.692 bits per heavy atom. The number of anilines is 1. The highest BCUT2D eigenvalue weighted by Gasteiger charge is 2.19. The summed E-state index contributed by atoms with van der Waals surface area (Å²) in [5, 5.41) is 34.3. The first kappa shape index (κ1) is 15.8. The molecule has 0 aliphatic carbocycles. The summed E-state index contributed by atoms with van der Waals surface area (Å²) in [6, 6.07) is 15.5. The largest absolute Gasteiger partial charge is 0.507 e. The molecule has 0 aromatic heterocycles. The van der Waals surface area contributed by atoms with Crippen LogP contribution in [0.25, 0.3) is 38.7 Å². The Labute approximate surface area is 150 Å². The Kier molecular flexibility index (Phi) is 3.48. The Morgan fingerprint density at radius 2 is 1.42 bits per heavy atom. The molecule has 0 atom stereocenters. The lowest BCUT2D eigenvalue weighted by molar-refractivity contribution is 0.454. The number of hydrogen-bond donors (Lipinski definition) is 4. The third-order valence-corrected chi connectivity index (χ3v) is 4.63. The lowest BCUT2D eigenvalue weighted by atomic mass is 9.91. The fourth-order valence-corrected chi connectivity index (χ4v) is 3.40. The van der Waals surface area contributed by atoms with Gasteiger partial charge in [-0.15, -0.1) is 0 Å². The molecule has 4 nitrogen and oxygen atoms in total. The highest BCUT2D eigenvalue weighted by Crippen LogP contribution is 2.47. The van der Waals surface area contributed by atoms with Gasteiger partial charge in [0.25, 0.3) is 0 Å². The van der Waals surface area contributed by atoms with Crippen LogP contribution in [0.4, 0.5) is 5.69 Å². The molecular formula is C22H17NO3. The molecule has 0 aliphatic rings. The predicted molar refractivity (Wildman–Crippen MR) is 106 cm³/mol. The summed E-state index contributed by atoms with van der Waals surface area (Å²) in [7, 11) is 0. The van der Waals surface area contributed by atoms with Gasteiger partial charge in [0.05, 0.1) is 0 Å². The van der Waals surface area contributed by atoms with Gasteiger partial charge < -0.3 is 21.1 Å². The van der Waals surface area contributed by atoms with Crippen LogP contribution in [0.15, 0.2) is 61.2 Å². The number of aromatic hydroxyl groups is 3. The summed E-state index contributed by atoms with van der Waals surface area (Å²) in [6.45, 7) is 3.75. The first-order valence-electron chi connectivity index (χ1n) is 8.12. The fourth-order valence-electron chi connectivity index (χ4n) is 3.40. The van der Waals surface area contributed by atoms with Crippen molar-refractivity contribution in [3.63, 3.8) is 0 Å². The van der Waals surface area contributed by atoms with Crippen molar-refractivity contribution < 1.29 is 15.3 Å². The zero-order chi connectivity index (χ0) is 18.4.